The molecule has 2 aromatic carbocycles. The first kappa shape index (κ1) is 14.0. The first-order chi connectivity index (χ1) is 10.3. The van der Waals surface area contributed by atoms with Crippen molar-refractivity contribution in [2.45, 2.75) is 13.1 Å². The van der Waals surface area contributed by atoms with Crippen LogP contribution in [0.15, 0.2) is 65.3 Å². The van der Waals surface area contributed by atoms with E-state index in [0.717, 1.165) is 28.8 Å². The van der Waals surface area contributed by atoms with Gasteiger partial charge in [-0.05, 0) is 28.8 Å². The van der Waals surface area contributed by atoms with Gasteiger partial charge >= 0.3 is 0 Å². The first-order valence-electron chi connectivity index (χ1n) is 6.86. The lowest BCUT2D eigenvalue weighted by atomic mass is 10.1. The molecule has 2 N–H and O–H groups in total. The standard InChI is InChI=1S/C17H16BrN3/c18-16-4-2-1-3-15(16)12-19-11-13-5-7-14(8-6-13)17-9-10-20-21-17/h1-10,19H,11-12H2,(H,20,21). The Morgan fingerprint density at radius 1 is 0.952 bits per heavy atom. The maximum absolute atomic E-state index is 3.97. The van der Waals surface area contributed by atoms with E-state index >= 15 is 0 Å². The van der Waals surface area contributed by atoms with Crippen LogP contribution < -0.4 is 5.32 Å². The molecule has 0 aliphatic rings. The van der Waals surface area contributed by atoms with E-state index in [4.69, 9.17) is 0 Å². The minimum atomic E-state index is 0.851. The van der Waals surface area contributed by atoms with Gasteiger partial charge in [0.05, 0.1) is 5.69 Å². The van der Waals surface area contributed by atoms with Crippen molar-refractivity contribution in [3.63, 3.8) is 0 Å². The largest absolute Gasteiger partial charge is 0.309 e. The summed E-state index contributed by atoms with van der Waals surface area (Å²) in [5.41, 5.74) is 4.74. The number of nitrogens with one attached hydrogen (secondary N) is 2. The van der Waals surface area contributed by atoms with E-state index in [0.29, 0.717) is 0 Å². The van der Waals surface area contributed by atoms with Gasteiger partial charge in [0, 0.05) is 23.8 Å². The molecule has 0 atom stereocenters. The number of halogens is 1. The van der Waals surface area contributed by atoms with Crippen LogP contribution in [-0.2, 0) is 13.1 Å². The quantitative estimate of drug-likeness (QED) is 0.732. The van der Waals surface area contributed by atoms with Gasteiger partial charge in [0.25, 0.3) is 0 Å². The molecule has 0 saturated carbocycles. The van der Waals surface area contributed by atoms with E-state index < -0.39 is 0 Å². The summed E-state index contributed by atoms with van der Waals surface area (Å²) in [6.07, 6.45) is 1.77. The Kier molecular flexibility index (Phi) is 4.48. The van der Waals surface area contributed by atoms with E-state index in [1.54, 1.807) is 6.20 Å². The molecule has 0 radical (unpaired) electrons. The molecule has 4 heteroatoms. The molecule has 0 fully saturated rings. The third-order valence-electron chi connectivity index (χ3n) is 3.37. The normalized spacial score (nSPS) is 10.7. The number of aromatic amines is 1. The molecule has 0 spiro atoms. The fourth-order valence-corrected chi connectivity index (χ4v) is 2.63. The molecular formula is C17H16BrN3. The van der Waals surface area contributed by atoms with E-state index in [-0.39, 0.29) is 0 Å². The lowest BCUT2D eigenvalue weighted by molar-refractivity contribution is 0.691. The van der Waals surface area contributed by atoms with Gasteiger partial charge in [-0.1, -0.05) is 58.4 Å². The summed E-state index contributed by atoms with van der Waals surface area (Å²) in [6.45, 7) is 1.70. The second-order valence-electron chi connectivity index (χ2n) is 4.86. The number of nitrogens with zero attached hydrogens (tertiary/aromatic N) is 1. The Labute approximate surface area is 132 Å². The third kappa shape index (κ3) is 3.60. The van der Waals surface area contributed by atoms with Crippen molar-refractivity contribution >= 4 is 15.9 Å². The lowest BCUT2D eigenvalue weighted by Gasteiger charge is -2.07. The zero-order valence-corrected chi connectivity index (χ0v) is 13.1. The van der Waals surface area contributed by atoms with Gasteiger partial charge in [0.2, 0.25) is 0 Å². The molecule has 0 aliphatic carbocycles. The number of benzene rings is 2. The second-order valence-corrected chi connectivity index (χ2v) is 5.72. The zero-order chi connectivity index (χ0) is 14.5. The summed E-state index contributed by atoms with van der Waals surface area (Å²) >= 11 is 3.56. The van der Waals surface area contributed by atoms with Crippen LogP contribution in [0, 0.1) is 0 Å². The molecule has 0 unspecified atom stereocenters. The van der Waals surface area contributed by atoms with E-state index in [2.05, 4.69) is 73.9 Å². The van der Waals surface area contributed by atoms with Crippen molar-refractivity contribution in [1.29, 1.82) is 0 Å². The monoisotopic (exact) mass is 341 g/mol. The average Bonchev–Trinajstić information content (AvgIpc) is 3.04. The summed E-state index contributed by atoms with van der Waals surface area (Å²) in [4.78, 5) is 0. The maximum Gasteiger partial charge on any atom is 0.0650 e. The molecule has 0 aliphatic heterocycles. The highest BCUT2D eigenvalue weighted by Gasteiger charge is 2.00. The van der Waals surface area contributed by atoms with Gasteiger partial charge in [-0.2, -0.15) is 5.10 Å². The fraction of sp³-hybridized carbons (Fsp3) is 0.118. The van der Waals surface area contributed by atoms with Crippen molar-refractivity contribution in [3.8, 4) is 11.3 Å². The van der Waals surface area contributed by atoms with Crippen molar-refractivity contribution in [2.75, 3.05) is 0 Å². The predicted octanol–water partition coefficient (Wildman–Crippen LogP) is 4.13. The Morgan fingerprint density at radius 2 is 1.76 bits per heavy atom. The predicted molar refractivity (Wildman–Crippen MR) is 88.7 cm³/mol. The van der Waals surface area contributed by atoms with Gasteiger partial charge < -0.3 is 5.32 Å². The summed E-state index contributed by atoms with van der Waals surface area (Å²) < 4.78 is 1.15. The first-order valence-corrected chi connectivity index (χ1v) is 7.65. The zero-order valence-electron chi connectivity index (χ0n) is 11.5. The van der Waals surface area contributed by atoms with Crippen LogP contribution >= 0.6 is 15.9 Å². The minimum absolute atomic E-state index is 0.851. The summed E-state index contributed by atoms with van der Waals surface area (Å²) in [6, 6.07) is 18.8. The Morgan fingerprint density at radius 3 is 2.48 bits per heavy atom. The third-order valence-corrected chi connectivity index (χ3v) is 4.14. The van der Waals surface area contributed by atoms with E-state index in [1.807, 2.05) is 12.1 Å². The molecule has 0 bridgehead atoms. The number of rotatable bonds is 5. The van der Waals surface area contributed by atoms with Gasteiger partial charge in [-0.3, -0.25) is 5.10 Å². The summed E-state index contributed by atoms with van der Waals surface area (Å²) in [7, 11) is 0. The molecule has 3 aromatic rings. The smallest absolute Gasteiger partial charge is 0.0650 e. The lowest BCUT2D eigenvalue weighted by Crippen LogP contribution is -2.12. The molecule has 3 rings (SSSR count). The van der Waals surface area contributed by atoms with Crippen molar-refractivity contribution in [3.05, 3.63) is 76.4 Å². The van der Waals surface area contributed by atoms with Gasteiger partial charge in [0.15, 0.2) is 0 Å². The Balaban J connectivity index is 1.58. The molecule has 0 saturated heterocycles. The number of H-pyrrole nitrogens is 1. The average molecular weight is 342 g/mol. The van der Waals surface area contributed by atoms with Crippen LogP contribution in [0.2, 0.25) is 0 Å². The van der Waals surface area contributed by atoms with Crippen molar-refractivity contribution < 1.29 is 0 Å². The Bertz CT molecular complexity index is 690. The van der Waals surface area contributed by atoms with Gasteiger partial charge in [0.1, 0.15) is 0 Å². The highest BCUT2D eigenvalue weighted by molar-refractivity contribution is 9.10. The summed E-state index contributed by atoms with van der Waals surface area (Å²) in [5.74, 6) is 0. The maximum atomic E-state index is 3.97. The number of hydrogen-bond acceptors (Lipinski definition) is 2. The molecule has 106 valence electrons. The molecule has 3 nitrogen and oxygen atoms in total. The van der Waals surface area contributed by atoms with Crippen molar-refractivity contribution in [1.82, 2.24) is 15.5 Å². The van der Waals surface area contributed by atoms with Crippen LogP contribution in [0.1, 0.15) is 11.1 Å². The highest BCUT2D eigenvalue weighted by atomic mass is 79.9. The van der Waals surface area contributed by atoms with E-state index in [1.165, 1.54) is 11.1 Å². The van der Waals surface area contributed by atoms with Crippen LogP contribution in [0.25, 0.3) is 11.3 Å². The molecule has 0 amide bonds. The molecular weight excluding hydrogens is 326 g/mol. The topological polar surface area (TPSA) is 40.7 Å². The van der Waals surface area contributed by atoms with Crippen LogP contribution in [0.4, 0.5) is 0 Å². The molecule has 1 heterocycles. The fourth-order valence-electron chi connectivity index (χ4n) is 2.20. The van der Waals surface area contributed by atoms with Gasteiger partial charge in [-0.25, -0.2) is 0 Å². The number of aromatic nitrogens is 2. The molecule has 1 aromatic heterocycles. The SMILES string of the molecule is Brc1ccccc1CNCc1ccc(-c2ccn[nH]2)cc1. The minimum Gasteiger partial charge on any atom is -0.309 e. The van der Waals surface area contributed by atoms with Gasteiger partial charge in [-0.15, -0.1) is 0 Å². The van der Waals surface area contributed by atoms with Crippen LogP contribution in [0.3, 0.4) is 0 Å². The molecule has 21 heavy (non-hydrogen) atoms. The summed E-state index contributed by atoms with van der Waals surface area (Å²) in [5, 5.41) is 10.4. The van der Waals surface area contributed by atoms with E-state index in [9.17, 15) is 0 Å². The van der Waals surface area contributed by atoms with Crippen LogP contribution in [0.5, 0.6) is 0 Å². The number of hydrogen-bond donors (Lipinski definition) is 2. The second kappa shape index (κ2) is 6.70. The highest BCUT2D eigenvalue weighted by Crippen LogP contribution is 2.17. The Hall–Kier alpha value is -1.91. The van der Waals surface area contributed by atoms with Crippen LogP contribution in [-0.4, -0.2) is 10.2 Å². The van der Waals surface area contributed by atoms with Crippen molar-refractivity contribution in [2.24, 2.45) is 0 Å².